The third-order valence-corrected chi connectivity index (χ3v) is 1.80. The molecule has 0 saturated carbocycles. The molecular formula is C9H12BFO4. The Balaban J connectivity index is 2.72. The molecule has 2 N–H and O–H groups in total. The molecule has 0 unspecified atom stereocenters. The fourth-order valence-electron chi connectivity index (χ4n) is 1.03. The minimum Gasteiger partial charge on any atom is -0.488 e. The van der Waals surface area contributed by atoms with E-state index in [1.165, 1.54) is 19.2 Å². The molecule has 0 aliphatic heterocycles. The second-order valence-corrected chi connectivity index (χ2v) is 2.90. The molecule has 0 aliphatic carbocycles. The van der Waals surface area contributed by atoms with E-state index in [1.54, 1.807) is 0 Å². The molecule has 0 aromatic heterocycles. The maximum Gasteiger partial charge on any atom is 0.488 e. The van der Waals surface area contributed by atoms with Crippen LogP contribution in [0.5, 0.6) is 5.75 Å². The summed E-state index contributed by atoms with van der Waals surface area (Å²) in [6.07, 6.45) is 0. The van der Waals surface area contributed by atoms with Gasteiger partial charge in [-0.25, -0.2) is 4.39 Å². The molecule has 0 aliphatic rings. The summed E-state index contributed by atoms with van der Waals surface area (Å²) in [5.74, 6) is -0.562. The number of methoxy groups -OCH3 is 1. The van der Waals surface area contributed by atoms with Crippen molar-refractivity contribution in [2.75, 3.05) is 20.3 Å². The van der Waals surface area contributed by atoms with Crippen molar-refractivity contribution in [2.24, 2.45) is 0 Å². The fraction of sp³-hybridized carbons (Fsp3) is 0.333. The predicted octanol–water partition coefficient (Wildman–Crippen LogP) is -0.469. The van der Waals surface area contributed by atoms with Gasteiger partial charge in [-0.05, 0) is 17.6 Å². The molecule has 15 heavy (non-hydrogen) atoms. The molecule has 6 heteroatoms. The highest BCUT2D eigenvalue weighted by Crippen LogP contribution is 2.14. The van der Waals surface area contributed by atoms with Crippen LogP contribution in [0.4, 0.5) is 4.39 Å². The van der Waals surface area contributed by atoms with E-state index in [9.17, 15) is 4.39 Å². The van der Waals surface area contributed by atoms with Crippen LogP contribution in [-0.4, -0.2) is 37.5 Å². The molecule has 0 radical (unpaired) electrons. The molecule has 0 bridgehead atoms. The maximum atomic E-state index is 13.1. The second-order valence-electron chi connectivity index (χ2n) is 2.90. The lowest BCUT2D eigenvalue weighted by Gasteiger charge is -2.08. The van der Waals surface area contributed by atoms with Gasteiger partial charge in [-0.15, -0.1) is 0 Å². The minimum absolute atomic E-state index is 0.0161. The van der Waals surface area contributed by atoms with E-state index in [4.69, 9.17) is 19.5 Å². The molecule has 0 spiro atoms. The number of halogens is 1. The van der Waals surface area contributed by atoms with E-state index in [1.807, 2.05) is 0 Å². The van der Waals surface area contributed by atoms with Gasteiger partial charge in [0, 0.05) is 7.11 Å². The zero-order valence-electron chi connectivity index (χ0n) is 8.31. The average molecular weight is 214 g/mol. The molecule has 4 nitrogen and oxygen atoms in total. The van der Waals surface area contributed by atoms with Crippen molar-refractivity contribution in [3.8, 4) is 5.75 Å². The van der Waals surface area contributed by atoms with E-state index in [-0.39, 0.29) is 17.8 Å². The summed E-state index contributed by atoms with van der Waals surface area (Å²) in [6.45, 7) is 0.545. The van der Waals surface area contributed by atoms with Gasteiger partial charge in [0.25, 0.3) is 0 Å². The van der Waals surface area contributed by atoms with Crippen LogP contribution in [0.1, 0.15) is 0 Å². The fourth-order valence-corrected chi connectivity index (χ4v) is 1.03. The summed E-state index contributed by atoms with van der Waals surface area (Å²) in [5.41, 5.74) is 0.184. The van der Waals surface area contributed by atoms with Crippen molar-refractivity contribution in [1.29, 1.82) is 0 Å². The first kappa shape index (κ1) is 12.0. The molecule has 1 aromatic rings. The normalized spacial score (nSPS) is 10.1. The Hall–Kier alpha value is -1.11. The van der Waals surface area contributed by atoms with E-state index in [0.29, 0.717) is 6.61 Å². The van der Waals surface area contributed by atoms with Crippen LogP contribution in [-0.2, 0) is 4.74 Å². The monoisotopic (exact) mass is 214 g/mol. The first-order valence-electron chi connectivity index (χ1n) is 4.42. The molecule has 0 saturated heterocycles. The summed E-state index contributed by atoms with van der Waals surface area (Å²) in [7, 11) is -0.122. The molecule has 1 aromatic carbocycles. The van der Waals surface area contributed by atoms with Crippen molar-refractivity contribution in [3.63, 3.8) is 0 Å². The third kappa shape index (κ3) is 3.51. The second kappa shape index (κ2) is 5.70. The molecule has 1 rings (SSSR count). The van der Waals surface area contributed by atoms with Crippen molar-refractivity contribution in [1.82, 2.24) is 0 Å². The van der Waals surface area contributed by atoms with Gasteiger partial charge >= 0.3 is 7.12 Å². The SMILES string of the molecule is COCCOc1cc(B(O)O)ccc1F. The van der Waals surface area contributed by atoms with Crippen LogP contribution in [0.25, 0.3) is 0 Å². The van der Waals surface area contributed by atoms with Gasteiger partial charge in [0.15, 0.2) is 11.6 Å². The standard InChI is InChI=1S/C9H12BFO4/c1-14-4-5-15-9-6-7(10(12)13)2-3-8(9)11/h2-3,6,12-13H,4-5H2,1H3. The number of hydrogen-bond acceptors (Lipinski definition) is 4. The zero-order valence-corrected chi connectivity index (χ0v) is 8.31. The molecular weight excluding hydrogens is 202 g/mol. The van der Waals surface area contributed by atoms with Crippen molar-refractivity contribution in [3.05, 3.63) is 24.0 Å². The summed E-state index contributed by atoms with van der Waals surface area (Å²) >= 11 is 0. The van der Waals surface area contributed by atoms with Crippen molar-refractivity contribution >= 4 is 12.6 Å². The van der Waals surface area contributed by atoms with Gasteiger partial charge < -0.3 is 19.5 Å². The van der Waals surface area contributed by atoms with Gasteiger partial charge in [0.05, 0.1) is 6.61 Å². The summed E-state index contributed by atoms with van der Waals surface area (Å²) < 4.78 is 22.9. The Morgan fingerprint density at radius 3 is 2.67 bits per heavy atom. The average Bonchev–Trinajstić information content (AvgIpc) is 2.20. The quantitative estimate of drug-likeness (QED) is 0.513. The van der Waals surface area contributed by atoms with Crippen LogP contribution in [0.15, 0.2) is 18.2 Å². The summed E-state index contributed by atoms with van der Waals surface area (Å²) in [6, 6.07) is 3.65. The molecule has 0 fully saturated rings. The van der Waals surface area contributed by atoms with Crippen LogP contribution in [0, 0.1) is 5.82 Å². The van der Waals surface area contributed by atoms with E-state index in [2.05, 4.69) is 0 Å². The van der Waals surface area contributed by atoms with Gasteiger partial charge in [0.2, 0.25) is 0 Å². The van der Waals surface area contributed by atoms with Crippen molar-refractivity contribution < 1.29 is 23.9 Å². The lowest BCUT2D eigenvalue weighted by Crippen LogP contribution is -2.29. The largest absolute Gasteiger partial charge is 0.488 e. The van der Waals surface area contributed by atoms with Gasteiger partial charge in [-0.3, -0.25) is 0 Å². The Labute approximate surface area is 87.4 Å². The highest BCUT2D eigenvalue weighted by molar-refractivity contribution is 6.58. The predicted molar refractivity (Wildman–Crippen MR) is 53.6 cm³/mol. The van der Waals surface area contributed by atoms with E-state index >= 15 is 0 Å². The van der Waals surface area contributed by atoms with Crippen LogP contribution >= 0.6 is 0 Å². The zero-order chi connectivity index (χ0) is 11.3. The molecule has 0 atom stereocenters. The number of rotatable bonds is 5. The Morgan fingerprint density at radius 1 is 1.33 bits per heavy atom. The maximum absolute atomic E-state index is 13.1. The van der Waals surface area contributed by atoms with Crippen LogP contribution in [0.2, 0.25) is 0 Å². The lowest BCUT2D eigenvalue weighted by atomic mass is 9.80. The van der Waals surface area contributed by atoms with E-state index in [0.717, 1.165) is 6.07 Å². The Bertz CT molecular complexity index is 319. The van der Waals surface area contributed by atoms with E-state index < -0.39 is 12.9 Å². The molecule has 0 heterocycles. The van der Waals surface area contributed by atoms with Gasteiger partial charge in [-0.2, -0.15) is 0 Å². The highest BCUT2D eigenvalue weighted by Gasteiger charge is 2.14. The summed E-state index contributed by atoms with van der Waals surface area (Å²) in [5, 5.41) is 17.7. The minimum atomic E-state index is -1.63. The van der Waals surface area contributed by atoms with Gasteiger partial charge in [-0.1, -0.05) is 6.07 Å². The highest BCUT2D eigenvalue weighted by atomic mass is 19.1. The first-order valence-corrected chi connectivity index (χ1v) is 4.42. The summed E-state index contributed by atoms with van der Waals surface area (Å²) in [4.78, 5) is 0. The van der Waals surface area contributed by atoms with Crippen LogP contribution in [0.3, 0.4) is 0 Å². The number of benzene rings is 1. The smallest absolute Gasteiger partial charge is 0.488 e. The number of hydrogen-bond donors (Lipinski definition) is 2. The lowest BCUT2D eigenvalue weighted by molar-refractivity contribution is 0.144. The third-order valence-electron chi connectivity index (χ3n) is 1.80. The van der Waals surface area contributed by atoms with Crippen molar-refractivity contribution in [2.45, 2.75) is 0 Å². The topological polar surface area (TPSA) is 58.9 Å². The molecule has 82 valence electrons. The Morgan fingerprint density at radius 2 is 2.07 bits per heavy atom. The van der Waals surface area contributed by atoms with Gasteiger partial charge in [0.1, 0.15) is 6.61 Å². The van der Waals surface area contributed by atoms with Crippen LogP contribution < -0.4 is 10.2 Å². The Kier molecular flexibility index (Phi) is 4.55. The first-order chi connectivity index (χ1) is 7.15. The number of ether oxygens (including phenoxy) is 2. The molecule has 0 amide bonds.